The van der Waals surface area contributed by atoms with Crippen molar-refractivity contribution in [3.05, 3.63) is 83.2 Å². The molecule has 2 heterocycles. The molecule has 0 atom stereocenters. The summed E-state index contributed by atoms with van der Waals surface area (Å²) >= 11 is 5.93. The predicted octanol–water partition coefficient (Wildman–Crippen LogP) is 2.65. The SMILES string of the molecule is O=C(OCc1c(-c2ccccc2)no[n+]1[O-])c1nc(CCl)n(-c2ccccc2)n1. The number of hydrogen-bond donors (Lipinski definition) is 0. The van der Waals surface area contributed by atoms with Crippen LogP contribution in [0.25, 0.3) is 16.9 Å². The highest BCUT2D eigenvalue weighted by Crippen LogP contribution is 2.20. The average Bonchev–Trinajstić information content (AvgIpc) is 3.37. The average molecular weight is 412 g/mol. The van der Waals surface area contributed by atoms with Crippen LogP contribution in [0.15, 0.2) is 65.3 Å². The molecule has 2 aromatic heterocycles. The molecule has 0 aliphatic rings. The summed E-state index contributed by atoms with van der Waals surface area (Å²) in [5, 5.41) is 19.8. The van der Waals surface area contributed by atoms with E-state index in [1.54, 1.807) is 24.3 Å². The molecule has 0 saturated carbocycles. The monoisotopic (exact) mass is 411 g/mol. The molecule has 0 unspecified atom stereocenters. The lowest BCUT2D eigenvalue weighted by Crippen LogP contribution is -2.29. The minimum absolute atomic E-state index is 0.0551. The largest absolute Gasteiger partial charge is 0.451 e. The van der Waals surface area contributed by atoms with E-state index in [9.17, 15) is 10.0 Å². The maximum absolute atomic E-state index is 12.4. The van der Waals surface area contributed by atoms with Crippen molar-refractivity contribution < 1.29 is 19.1 Å². The zero-order valence-electron chi connectivity index (χ0n) is 14.9. The van der Waals surface area contributed by atoms with Crippen molar-refractivity contribution >= 4 is 17.6 Å². The first kappa shape index (κ1) is 18.6. The Morgan fingerprint density at radius 2 is 1.83 bits per heavy atom. The van der Waals surface area contributed by atoms with E-state index in [0.717, 1.165) is 0 Å². The van der Waals surface area contributed by atoms with Gasteiger partial charge < -0.3 is 9.94 Å². The summed E-state index contributed by atoms with van der Waals surface area (Å²) in [5.74, 6) is -0.524. The molecule has 0 radical (unpaired) electrons. The molecule has 2 aromatic carbocycles. The number of benzene rings is 2. The highest BCUT2D eigenvalue weighted by molar-refractivity contribution is 6.16. The highest BCUT2D eigenvalue weighted by atomic mass is 35.5. The molecule has 0 spiro atoms. The number of rotatable bonds is 6. The van der Waals surface area contributed by atoms with Crippen LogP contribution in [0.4, 0.5) is 0 Å². The Labute approximate surface area is 169 Å². The van der Waals surface area contributed by atoms with E-state index in [0.29, 0.717) is 17.1 Å². The summed E-state index contributed by atoms with van der Waals surface area (Å²) in [6.07, 6.45) is 0. The molecule has 0 aliphatic heterocycles. The fraction of sp³-hybridized carbons (Fsp3) is 0.105. The summed E-state index contributed by atoms with van der Waals surface area (Å²) in [7, 11) is 0. The predicted molar refractivity (Wildman–Crippen MR) is 101 cm³/mol. The van der Waals surface area contributed by atoms with Gasteiger partial charge in [-0.3, -0.25) is 4.63 Å². The van der Waals surface area contributed by atoms with Crippen molar-refractivity contribution in [1.29, 1.82) is 0 Å². The van der Waals surface area contributed by atoms with Crippen molar-refractivity contribution in [3.63, 3.8) is 0 Å². The molecule has 0 bridgehead atoms. The molecule has 4 rings (SSSR count). The van der Waals surface area contributed by atoms with E-state index in [2.05, 4.69) is 19.9 Å². The summed E-state index contributed by atoms with van der Waals surface area (Å²) in [6, 6.07) is 18.1. The molecule has 10 heteroatoms. The third-order valence-electron chi connectivity index (χ3n) is 4.06. The topological polar surface area (TPSA) is 110 Å². The maximum atomic E-state index is 12.4. The second kappa shape index (κ2) is 8.11. The second-order valence-corrected chi connectivity index (χ2v) is 6.17. The number of carbonyl (C=O) groups excluding carboxylic acids is 1. The second-order valence-electron chi connectivity index (χ2n) is 5.90. The van der Waals surface area contributed by atoms with Gasteiger partial charge in [-0.25, -0.2) is 14.5 Å². The van der Waals surface area contributed by atoms with Crippen LogP contribution in [-0.2, 0) is 17.2 Å². The summed E-state index contributed by atoms with van der Waals surface area (Å²) in [6.45, 7) is -0.355. The summed E-state index contributed by atoms with van der Waals surface area (Å²) < 4.78 is 11.3. The third-order valence-corrected chi connectivity index (χ3v) is 4.30. The maximum Gasteiger partial charge on any atom is 0.378 e. The van der Waals surface area contributed by atoms with E-state index in [1.807, 2.05) is 36.4 Å². The first-order chi connectivity index (χ1) is 14.2. The van der Waals surface area contributed by atoms with Gasteiger partial charge in [0.2, 0.25) is 5.69 Å². The van der Waals surface area contributed by atoms with Crippen molar-refractivity contribution in [3.8, 4) is 16.9 Å². The minimum Gasteiger partial charge on any atom is -0.451 e. The first-order valence-corrected chi connectivity index (χ1v) is 9.09. The van der Waals surface area contributed by atoms with Crippen LogP contribution in [0.3, 0.4) is 0 Å². The highest BCUT2D eigenvalue weighted by Gasteiger charge is 2.24. The number of para-hydroxylation sites is 1. The number of nitrogens with zero attached hydrogens (tertiary/aromatic N) is 5. The molecule has 0 amide bonds. The Morgan fingerprint density at radius 1 is 1.14 bits per heavy atom. The van der Waals surface area contributed by atoms with E-state index in [1.165, 1.54) is 4.68 Å². The smallest absolute Gasteiger partial charge is 0.378 e. The number of ether oxygens (including phenoxy) is 1. The van der Waals surface area contributed by atoms with E-state index in [4.69, 9.17) is 16.3 Å². The zero-order chi connectivity index (χ0) is 20.2. The van der Waals surface area contributed by atoms with E-state index in [-0.39, 0.29) is 34.6 Å². The lowest BCUT2D eigenvalue weighted by molar-refractivity contribution is -0.808. The normalized spacial score (nSPS) is 10.8. The van der Waals surface area contributed by atoms with Gasteiger partial charge in [-0.15, -0.1) is 16.7 Å². The molecular weight excluding hydrogens is 398 g/mol. The number of halogens is 1. The van der Waals surface area contributed by atoms with Gasteiger partial charge in [-0.05, 0) is 17.0 Å². The molecule has 0 aliphatic carbocycles. The van der Waals surface area contributed by atoms with Crippen LogP contribution in [0.1, 0.15) is 22.1 Å². The van der Waals surface area contributed by atoms with Gasteiger partial charge in [0.05, 0.1) is 11.6 Å². The zero-order valence-corrected chi connectivity index (χ0v) is 15.7. The van der Waals surface area contributed by atoms with Crippen molar-refractivity contribution in [1.82, 2.24) is 19.9 Å². The number of hydrogen-bond acceptors (Lipinski definition) is 7. The molecule has 9 nitrogen and oxygen atoms in total. The van der Waals surface area contributed by atoms with Gasteiger partial charge in [0, 0.05) is 10.7 Å². The number of aromatic nitrogens is 5. The van der Waals surface area contributed by atoms with Crippen LogP contribution >= 0.6 is 11.6 Å². The summed E-state index contributed by atoms with van der Waals surface area (Å²) in [5.41, 5.74) is 1.72. The molecule has 0 fully saturated rings. The minimum atomic E-state index is -0.800. The first-order valence-electron chi connectivity index (χ1n) is 8.56. The van der Waals surface area contributed by atoms with E-state index >= 15 is 0 Å². The third kappa shape index (κ3) is 3.81. The molecule has 0 saturated heterocycles. The van der Waals surface area contributed by atoms with Crippen molar-refractivity contribution in [2.75, 3.05) is 0 Å². The van der Waals surface area contributed by atoms with Crippen molar-refractivity contribution in [2.45, 2.75) is 12.5 Å². The Hall–Kier alpha value is -3.72. The van der Waals surface area contributed by atoms with Crippen LogP contribution < -0.4 is 4.90 Å². The van der Waals surface area contributed by atoms with Gasteiger partial charge in [-0.1, -0.05) is 48.5 Å². The Morgan fingerprint density at radius 3 is 2.52 bits per heavy atom. The molecule has 29 heavy (non-hydrogen) atoms. The fourth-order valence-electron chi connectivity index (χ4n) is 2.69. The Bertz CT molecular complexity index is 1130. The van der Waals surface area contributed by atoms with Crippen LogP contribution in [0.5, 0.6) is 0 Å². The van der Waals surface area contributed by atoms with Gasteiger partial charge in [-0.2, -0.15) is 0 Å². The van der Waals surface area contributed by atoms with E-state index < -0.39 is 5.97 Å². The fourth-order valence-corrected chi connectivity index (χ4v) is 2.87. The van der Waals surface area contributed by atoms with Crippen LogP contribution in [0, 0.1) is 5.21 Å². The van der Waals surface area contributed by atoms with Crippen LogP contribution in [0.2, 0.25) is 0 Å². The quantitative estimate of drug-likeness (QED) is 0.272. The van der Waals surface area contributed by atoms with Crippen molar-refractivity contribution in [2.24, 2.45) is 0 Å². The number of carbonyl (C=O) groups is 1. The standard InChI is InChI=1S/C19H14ClN5O4/c20-11-16-21-18(22-24(16)14-9-5-2-6-10-14)19(26)28-12-15-17(23-29-25(15)27)13-7-3-1-4-8-13/h1-10H,11-12H2. The molecule has 146 valence electrons. The Kier molecular flexibility index (Phi) is 5.21. The van der Waals surface area contributed by atoms with Gasteiger partial charge in [0.1, 0.15) is 5.82 Å². The van der Waals surface area contributed by atoms with Gasteiger partial charge in [0.25, 0.3) is 11.5 Å². The molecular formula is C19H14ClN5O4. The number of alkyl halides is 1. The van der Waals surface area contributed by atoms with Crippen LogP contribution in [-0.4, -0.2) is 25.9 Å². The lowest BCUT2D eigenvalue weighted by atomic mass is 10.1. The van der Waals surface area contributed by atoms with Gasteiger partial charge >= 0.3 is 5.97 Å². The lowest BCUT2D eigenvalue weighted by Gasteiger charge is -2.02. The number of esters is 1. The summed E-state index contributed by atoms with van der Waals surface area (Å²) in [4.78, 5) is 16.8. The Balaban J connectivity index is 1.55. The molecule has 4 aromatic rings. The molecule has 0 N–H and O–H groups in total. The van der Waals surface area contributed by atoms with Gasteiger partial charge in [0.15, 0.2) is 6.61 Å².